The van der Waals surface area contributed by atoms with Crippen LogP contribution in [0.2, 0.25) is 0 Å². The molecule has 0 aromatic heterocycles. The predicted octanol–water partition coefficient (Wildman–Crippen LogP) is 0.607. The summed E-state index contributed by atoms with van der Waals surface area (Å²) in [5.41, 5.74) is 0. The van der Waals surface area contributed by atoms with E-state index in [4.69, 9.17) is 0 Å². The fourth-order valence-electron chi connectivity index (χ4n) is 1.84. The monoisotopic (exact) mass is 170 g/mol. The molecule has 1 N–H and O–H groups in total. The molecule has 1 aliphatic heterocycles. The molecule has 0 aliphatic carbocycles. The largest absolute Gasteiger partial charge is 0.339 e. The van der Waals surface area contributed by atoms with Crippen LogP contribution in [-0.2, 0) is 4.79 Å². The van der Waals surface area contributed by atoms with Gasteiger partial charge in [-0.15, -0.1) is 0 Å². The number of piperidine rings is 1. The summed E-state index contributed by atoms with van der Waals surface area (Å²) in [5, 5.41) is 3.31. The van der Waals surface area contributed by atoms with E-state index in [9.17, 15) is 4.79 Å². The molecule has 12 heavy (non-hydrogen) atoms. The normalized spacial score (nSPS) is 23.7. The van der Waals surface area contributed by atoms with Crippen molar-refractivity contribution in [2.45, 2.75) is 32.7 Å². The van der Waals surface area contributed by atoms with E-state index in [0.717, 1.165) is 26.1 Å². The molecule has 0 unspecified atom stereocenters. The second-order valence-electron chi connectivity index (χ2n) is 3.31. The zero-order valence-electron chi connectivity index (χ0n) is 7.97. The average molecular weight is 170 g/mol. The number of nitrogens with zero attached hydrogens (tertiary/aromatic N) is 1. The molecule has 1 saturated heterocycles. The van der Waals surface area contributed by atoms with Crippen LogP contribution < -0.4 is 5.32 Å². The highest BCUT2D eigenvalue weighted by molar-refractivity contribution is 5.73. The Labute approximate surface area is 74.1 Å². The molecular formula is C9H18N2O. The Morgan fingerprint density at radius 3 is 2.83 bits per heavy atom. The third-order valence-corrected chi connectivity index (χ3v) is 2.46. The van der Waals surface area contributed by atoms with E-state index in [1.165, 1.54) is 6.42 Å². The van der Waals surface area contributed by atoms with Crippen molar-refractivity contribution in [3.63, 3.8) is 0 Å². The Kier molecular flexibility index (Phi) is 3.53. The molecule has 1 rings (SSSR count). The number of hydrogen-bond acceptors (Lipinski definition) is 2. The van der Waals surface area contributed by atoms with Gasteiger partial charge >= 0.3 is 0 Å². The van der Waals surface area contributed by atoms with Gasteiger partial charge in [0.15, 0.2) is 0 Å². The number of amides is 1. The van der Waals surface area contributed by atoms with Crippen molar-refractivity contribution < 1.29 is 4.79 Å². The molecule has 1 amide bonds. The smallest absolute Gasteiger partial charge is 0.219 e. The standard InChI is InChI=1S/C9H18N2O/c1-3-11(8(2)12)9-5-4-6-10-7-9/h9-10H,3-7H2,1-2H3/t9-/m0/s1. The second-order valence-corrected chi connectivity index (χ2v) is 3.31. The van der Waals surface area contributed by atoms with Crippen molar-refractivity contribution in [1.82, 2.24) is 10.2 Å². The van der Waals surface area contributed by atoms with Crippen LogP contribution in [-0.4, -0.2) is 36.5 Å². The maximum Gasteiger partial charge on any atom is 0.219 e. The first kappa shape index (κ1) is 9.52. The number of rotatable bonds is 2. The van der Waals surface area contributed by atoms with E-state index in [1.54, 1.807) is 6.92 Å². The first-order valence-electron chi connectivity index (χ1n) is 4.73. The zero-order chi connectivity index (χ0) is 8.97. The molecule has 0 bridgehead atoms. The first-order chi connectivity index (χ1) is 5.75. The highest BCUT2D eigenvalue weighted by Crippen LogP contribution is 2.09. The predicted molar refractivity (Wildman–Crippen MR) is 49.0 cm³/mol. The van der Waals surface area contributed by atoms with Gasteiger partial charge < -0.3 is 10.2 Å². The Bertz CT molecular complexity index is 153. The van der Waals surface area contributed by atoms with Crippen LogP contribution in [0.15, 0.2) is 0 Å². The van der Waals surface area contributed by atoms with Crippen LogP contribution in [0.4, 0.5) is 0 Å². The SMILES string of the molecule is CCN(C(C)=O)[C@H]1CCCNC1. The quantitative estimate of drug-likeness (QED) is 0.658. The maximum absolute atomic E-state index is 11.2. The summed E-state index contributed by atoms with van der Waals surface area (Å²) in [5.74, 6) is 0.200. The molecule has 1 atom stereocenters. The number of likely N-dealkylation sites (N-methyl/N-ethyl adjacent to an activating group) is 1. The lowest BCUT2D eigenvalue weighted by Crippen LogP contribution is -2.47. The summed E-state index contributed by atoms with van der Waals surface area (Å²) in [6, 6.07) is 0.432. The summed E-state index contributed by atoms with van der Waals surface area (Å²) in [6.45, 7) is 6.59. The fraction of sp³-hybridized carbons (Fsp3) is 0.889. The third-order valence-electron chi connectivity index (χ3n) is 2.46. The van der Waals surface area contributed by atoms with Gasteiger partial charge in [0, 0.05) is 26.1 Å². The first-order valence-corrected chi connectivity index (χ1v) is 4.73. The molecule has 3 nitrogen and oxygen atoms in total. The molecule has 0 spiro atoms. The lowest BCUT2D eigenvalue weighted by Gasteiger charge is -2.33. The van der Waals surface area contributed by atoms with Gasteiger partial charge in [-0.25, -0.2) is 0 Å². The van der Waals surface area contributed by atoms with E-state index >= 15 is 0 Å². The van der Waals surface area contributed by atoms with Crippen molar-refractivity contribution in [3.8, 4) is 0 Å². The van der Waals surface area contributed by atoms with Gasteiger partial charge in [0.05, 0.1) is 0 Å². The van der Waals surface area contributed by atoms with E-state index < -0.39 is 0 Å². The van der Waals surface area contributed by atoms with E-state index in [2.05, 4.69) is 5.32 Å². The minimum Gasteiger partial charge on any atom is -0.339 e. The van der Waals surface area contributed by atoms with E-state index in [0.29, 0.717) is 6.04 Å². The minimum absolute atomic E-state index is 0.200. The molecule has 1 fully saturated rings. The number of carbonyl (C=O) groups excluding carboxylic acids is 1. The topological polar surface area (TPSA) is 32.3 Å². The van der Waals surface area contributed by atoms with Gasteiger partial charge in [0.2, 0.25) is 5.91 Å². The summed E-state index contributed by atoms with van der Waals surface area (Å²) < 4.78 is 0. The molecule has 3 heteroatoms. The summed E-state index contributed by atoms with van der Waals surface area (Å²) in [6.07, 6.45) is 2.34. The molecule has 0 aromatic carbocycles. The molecule has 0 saturated carbocycles. The lowest BCUT2D eigenvalue weighted by molar-refractivity contribution is -0.131. The Morgan fingerprint density at radius 1 is 1.67 bits per heavy atom. The van der Waals surface area contributed by atoms with Crippen LogP contribution in [0.1, 0.15) is 26.7 Å². The number of nitrogens with one attached hydrogen (secondary N) is 1. The van der Waals surface area contributed by atoms with Crippen molar-refractivity contribution in [2.75, 3.05) is 19.6 Å². The molecule has 1 heterocycles. The van der Waals surface area contributed by atoms with Crippen LogP contribution in [0.3, 0.4) is 0 Å². The Balaban J connectivity index is 2.46. The third kappa shape index (κ3) is 2.21. The zero-order valence-corrected chi connectivity index (χ0v) is 7.97. The molecule has 0 radical (unpaired) electrons. The number of carbonyl (C=O) groups is 1. The number of hydrogen-bond donors (Lipinski definition) is 1. The summed E-state index contributed by atoms with van der Waals surface area (Å²) >= 11 is 0. The average Bonchev–Trinajstić information content (AvgIpc) is 2.07. The van der Waals surface area contributed by atoms with Crippen molar-refractivity contribution in [2.24, 2.45) is 0 Å². The van der Waals surface area contributed by atoms with Crippen LogP contribution in [0.25, 0.3) is 0 Å². The molecule has 0 aromatic rings. The lowest BCUT2D eigenvalue weighted by atomic mass is 10.1. The molecular weight excluding hydrogens is 152 g/mol. The van der Waals surface area contributed by atoms with E-state index in [1.807, 2.05) is 11.8 Å². The highest BCUT2D eigenvalue weighted by atomic mass is 16.2. The van der Waals surface area contributed by atoms with Gasteiger partial charge in [-0.3, -0.25) is 4.79 Å². The van der Waals surface area contributed by atoms with Gasteiger partial charge in [-0.1, -0.05) is 0 Å². The van der Waals surface area contributed by atoms with Crippen molar-refractivity contribution in [1.29, 1.82) is 0 Å². The highest BCUT2D eigenvalue weighted by Gasteiger charge is 2.20. The van der Waals surface area contributed by atoms with Crippen molar-refractivity contribution in [3.05, 3.63) is 0 Å². The Morgan fingerprint density at radius 2 is 2.42 bits per heavy atom. The summed E-state index contributed by atoms with van der Waals surface area (Å²) in [4.78, 5) is 13.1. The van der Waals surface area contributed by atoms with Crippen molar-refractivity contribution >= 4 is 5.91 Å². The van der Waals surface area contributed by atoms with Crippen LogP contribution in [0.5, 0.6) is 0 Å². The summed E-state index contributed by atoms with van der Waals surface area (Å²) in [7, 11) is 0. The van der Waals surface area contributed by atoms with Gasteiger partial charge in [-0.05, 0) is 26.3 Å². The van der Waals surface area contributed by atoms with E-state index in [-0.39, 0.29) is 5.91 Å². The minimum atomic E-state index is 0.200. The molecule has 1 aliphatic rings. The second kappa shape index (κ2) is 4.45. The van der Waals surface area contributed by atoms with Crippen LogP contribution >= 0.6 is 0 Å². The Hall–Kier alpha value is -0.570. The van der Waals surface area contributed by atoms with Gasteiger partial charge in [0.1, 0.15) is 0 Å². The van der Waals surface area contributed by atoms with Gasteiger partial charge in [-0.2, -0.15) is 0 Å². The maximum atomic E-state index is 11.2. The van der Waals surface area contributed by atoms with Gasteiger partial charge in [0.25, 0.3) is 0 Å². The van der Waals surface area contributed by atoms with Crippen LogP contribution in [0, 0.1) is 0 Å². The molecule has 70 valence electrons. The fourth-order valence-corrected chi connectivity index (χ4v) is 1.84.